The molecule has 19 heavy (non-hydrogen) atoms. The average Bonchev–Trinajstić information content (AvgIpc) is 2.45. The largest absolute Gasteiger partial charge is 0.396 e. The average molecular weight is 286 g/mol. The first-order chi connectivity index (χ1) is 9.19. The number of aromatic nitrogens is 3. The highest BCUT2D eigenvalue weighted by atomic mass is 35.5. The molecule has 1 aliphatic heterocycles. The van der Waals surface area contributed by atoms with E-state index in [1.807, 2.05) is 6.92 Å². The number of aliphatic hydroxyl groups excluding tert-OH is 1. The van der Waals surface area contributed by atoms with Crippen LogP contribution in [-0.2, 0) is 0 Å². The molecule has 0 amide bonds. The maximum Gasteiger partial charge on any atom is 0.231 e. The number of rotatable bonds is 5. The Morgan fingerprint density at radius 1 is 1.26 bits per heavy atom. The smallest absolute Gasteiger partial charge is 0.231 e. The van der Waals surface area contributed by atoms with Crippen molar-refractivity contribution in [1.29, 1.82) is 0 Å². The van der Waals surface area contributed by atoms with Crippen LogP contribution in [0, 0.1) is 5.92 Å². The minimum absolute atomic E-state index is 0.130. The minimum atomic E-state index is 0.130. The van der Waals surface area contributed by atoms with Crippen LogP contribution in [0.25, 0.3) is 0 Å². The third-order valence-electron chi connectivity index (χ3n) is 3.16. The Hall–Kier alpha value is -1.14. The number of aliphatic hydroxyl groups is 1. The zero-order chi connectivity index (χ0) is 13.7. The van der Waals surface area contributed by atoms with Gasteiger partial charge in [0.05, 0.1) is 0 Å². The van der Waals surface area contributed by atoms with Gasteiger partial charge in [-0.25, -0.2) is 0 Å². The summed E-state index contributed by atoms with van der Waals surface area (Å²) in [5.74, 6) is 1.26. The number of hydrogen-bond acceptors (Lipinski definition) is 6. The van der Waals surface area contributed by atoms with E-state index in [1.54, 1.807) is 0 Å². The summed E-state index contributed by atoms with van der Waals surface area (Å²) in [6, 6.07) is 0. The van der Waals surface area contributed by atoms with Crippen molar-refractivity contribution in [1.82, 2.24) is 15.0 Å². The molecule has 0 radical (unpaired) electrons. The second-order valence-corrected chi connectivity index (χ2v) is 5.28. The third-order valence-corrected chi connectivity index (χ3v) is 3.32. The summed E-state index contributed by atoms with van der Waals surface area (Å²) >= 11 is 5.94. The molecular weight excluding hydrogens is 266 g/mol. The highest BCUT2D eigenvalue weighted by Crippen LogP contribution is 2.18. The van der Waals surface area contributed by atoms with Gasteiger partial charge in [-0.1, -0.05) is 6.92 Å². The molecule has 0 bridgehead atoms. The Bertz CT molecular complexity index is 411. The number of halogens is 1. The zero-order valence-corrected chi connectivity index (χ0v) is 11.9. The molecule has 2 rings (SSSR count). The van der Waals surface area contributed by atoms with Gasteiger partial charge >= 0.3 is 0 Å². The van der Waals surface area contributed by atoms with Gasteiger partial charge < -0.3 is 15.3 Å². The summed E-state index contributed by atoms with van der Waals surface area (Å²) in [5, 5.41) is 12.3. The third kappa shape index (κ3) is 4.18. The van der Waals surface area contributed by atoms with Gasteiger partial charge in [-0.15, -0.1) is 0 Å². The highest BCUT2D eigenvalue weighted by Gasteiger charge is 2.15. The molecule has 0 saturated carbocycles. The number of nitrogens with one attached hydrogen (secondary N) is 1. The van der Waals surface area contributed by atoms with E-state index < -0.39 is 0 Å². The molecule has 7 heteroatoms. The van der Waals surface area contributed by atoms with Crippen LogP contribution in [0.5, 0.6) is 0 Å². The molecule has 1 fully saturated rings. The fourth-order valence-corrected chi connectivity index (χ4v) is 2.14. The van der Waals surface area contributed by atoms with Crippen molar-refractivity contribution in [3.8, 4) is 0 Å². The maximum atomic E-state index is 9.00. The molecule has 0 spiro atoms. The summed E-state index contributed by atoms with van der Waals surface area (Å²) in [4.78, 5) is 14.8. The number of hydrogen-bond donors (Lipinski definition) is 2. The van der Waals surface area contributed by atoms with Crippen molar-refractivity contribution in [2.24, 2.45) is 5.92 Å². The lowest BCUT2D eigenvalue weighted by Crippen LogP contribution is -2.31. The zero-order valence-electron chi connectivity index (χ0n) is 11.1. The molecule has 1 saturated heterocycles. The lowest BCUT2D eigenvalue weighted by Gasteiger charge is -2.26. The number of anilines is 2. The summed E-state index contributed by atoms with van der Waals surface area (Å²) in [5.41, 5.74) is 0. The first-order valence-electron chi connectivity index (χ1n) is 6.70. The van der Waals surface area contributed by atoms with E-state index in [1.165, 1.54) is 6.42 Å². The predicted molar refractivity (Wildman–Crippen MR) is 75.6 cm³/mol. The van der Waals surface area contributed by atoms with E-state index in [4.69, 9.17) is 16.7 Å². The predicted octanol–water partition coefficient (Wildman–Crippen LogP) is 1.56. The molecule has 1 aliphatic rings. The molecule has 1 atom stereocenters. The van der Waals surface area contributed by atoms with Crippen LogP contribution >= 0.6 is 11.6 Å². The molecule has 106 valence electrons. The topological polar surface area (TPSA) is 74.2 Å². The highest BCUT2D eigenvalue weighted by molar-refractivity contribution is 6.28. The Balaban J connectivity index is 2.05. The van der Waals surface area contributed by atoms with Crippen LogP contribution < -0.4 is 10.2 Å². The Labute approximate surface area is 118 Å². The lowest BCUT2D eigenvalue weighted by molar-refractivity contribution is 0.244. The van der Waals surface area contributed by atoms with Gasteiger partial charge in [0.25, 0.3) is 0 Å². The summed E-state index contributed by atoms with van der Waals surface area (Å²) in [7, 11) is 0. The van der Waals surface area contributed by atoms with Crippen molar-refractivity contribution >= 4 is 23.5 Å². The number of piperidine rings is 1. The maximum absolute atomic E-state index is 9.00. The molecule has 6 nitrogen and oxygen atoms in total. The van der Waals surface area contributed by atoms with Gasteiger partial charge in [0.2, 0.25) is 17.2 Å². The van der Waals surface area contributed by atoms with E-state index in [0.717, 1.165) is 25.9 Å². The molecule has 0 aromatic carbocycles. The second-order valence-electron chi connectivity index (χ2n) is 4.94. The van der Waals surface area contributed by atoms with Gasteiger partial charge in [-0.2, -0.15) is 15.0 Å². The number of nitrogens with zero attached hydrogens (tertiary/aromatic N) is 4. The molecule has 1 aromatic heterocycles. The van der Waals surface area contributed by atoms with E-state index >= 15 is 0 Å². The van der Waals surface area contributed by atoms with Crippen molar-refractivity contribution < 1.29 is 5.11 Å². The van der Waals surface area contributed by atoms with Crippen molar-refractivity contribution in [2.45, 2.75) is 26.2 Å². The van der Waals surface area contributed by atoms with Gasteiger partial charge in [0.15, 0.2) is 0 Å². The van der Waals surface area contributed by atoms with E-state index in [2.05, 4.69) is 25.2 Å². The second kappa shape index (κ2) is 6.86. The normalized spacial score (nSPS) is 17.3. The fraction of sp³-hybridized carbons (Fsp3) is 0.750. The molecule has 1 unspecified atom stereocenters. The van der Waals surface area contributed by atoms with Crippen LogP contribution in [0.3, 0.4) is 0 Å². The quantitative estimate of drug-likeness (QED) is 0.855. The SMILES string of the molecule is CC(CO)CNc1nc(Cl)nc(N2CCCCC2)n1. The molecule has 2 N–H and O–H groups in total. The summed E-state index contributed by atoms with van der Waals surface area (Å²) in [6.07, 6.45) is 3.58. The lowest BCUT2D eigenvalue weighted by atomic mass is 10.1. The Morgan fingerprint density at radius 2 is 2.00 bits per heavy atom. The molecule has 2 heterocycles. The van der Waals surface area contributed by atoms with Crippen LogP contribution in [-0.4, -0.2) is 46.3 Å². The van der Waals surface area contributed by atoms with Crippen LogP contribution in [0.4, 0.5) is 11.9 Å². The van der Waals surface area contributed by atoms with Crippen LogP contribution in [0.15, 0.2) is 0 Å². The fourth-order valence-electron chi connectivity index (χ4n) is 1.98. The van der Waals surface area contributed by atoms with Gasteiger partial charge in [0, 0.05) is 26.2 Å². The Morgan fingerprint density at radius 3 is 2.68 bits per heavy atom. The van der Waals surface area contributed by atoms with Crippen molar-refractivity contribution in [2.75, 3.05) is 36.5 Å². The standard InChI is InChI=1S/C12H20ClN5O/c1-9(8-19)7-14-11-15-10(13)16-12(17-11)18-5-3-2-4-6-18/h9,19H,2-8H2,1H3,(H,14,15,16,17). The van der Waals surface area contributed by atoms with Gasteiger partial charge in [-0.05, 0) is 36.8 Å². The van der Waals surface area contributed by atoms with Gasteiger partial charge in [0.1, 0.15) is 0 Å². The minimum Gasteiger partial charge on any atom is -0.396 e. The van der Waals surface area contributed by atoms with E-state index in [0.29, 0.717) is 18.4 Å². The van der Waals surface area contributed by atoms with Crippen molar-refractivity contribution in [3.63, 3.8) is 0 Å². The van der Waals surface area contributed by atoms with E-state index in [9.17, 15) is 0 Å². The van der Waals surface area contributed by atoms with Crippen LogP contribution in [0.1, 0.15) is 26.2 Å². The molecule has 0 aliphatic carbocycles. The molecular formula is C12H20ClN5O. The molecule has 1 aromatic rings. The van der Waals surface area contributed by atoms with Gasteiger partial charge in [-0.3, -0.25) is 0 Å². The Kier molecular flexibility index (Phi) is 5.15. The first kappa shape index (κ1) is 14.3. The van der Waals surface area contributed by atoms with E-state index in [-0.39, 0.29) is 17.8 Å². The summed E-state index contributed by atoms with van der Waals surface area (Å²) in [6.45, 7) is 4.61. The monoisotopic (exact) mass is 285 g/mol. The summed E-state index contributed by atoms with van der Waals surface area (Å²) < 4.78 is 0. The van der Waals surface area contributed by atoms with Crippen LogP contribution in [0.2, 0.25) is 5.28 Å². The first-order valence-corrected chi connectivity index (χ1v) is 7.08. The van der Waals surface area contributed by atoms with Crippen molar-refractivity contribution in [3.05, 3.63) is 5.28 Å².